The Morgan fingerprint density at radius 3 is 1.58 bits per heavy atom. The average molecular weight is 414 g/mol. The third kappa shape index (κ3) is 7.77. The molecule has 0 amide bonds. The number of rotatable bonds is 10. The van der Waals surface area contributed by atoms with Gasteiger partial charge in [0, 0.05) is 33.2 Å². The van der Waals surface area contributed by atoms with Gasteiger partial charge in [0.25, 0.3) is 0 Å². The molecule has 0 radical (unpaired) electrons. The molecule has 1 rings (SSSR count). The van der Waals surface area contributed by atoms with E-state index in [0.29, 0.717) is 12.8 Å². The second kappa shape index (κ2) is 10.3. The monoisotopic (exact) mass is 413 g/mol. The van der Waals surface area contributed by atoms with Gasteiger partial charge in [0.05, 0.1) is 11.5 Å². The zero-order chi connectivity index (χ0) is 20.0. The minimum atomic E-state index is -3.44. The first-order valence-corrected chi connectivity index (χ1v) is 12.5. The van der Waals surface area contributed by atoms with Gasteiger partial charge in [-0.25, -0.2) is 22.3 Å². The molecule has 0 saturated carbocycles. The summed E-state index contributed by atoms with van der Waals surface area (Å²) in [5.41, 5.74) is 2.57. The van der Waals surface area contributed by atoms with E-state index in [1.165, 1.54) is 8.61 Å². The molecule has 156 valence electrons. The van der Waals surface area contributed by atoms with Crippen LogP contribution >= 0.6 is 0 Å². The Hall–Kier alpha value is -0.260. The van der Waals surface area contributed by atoms with E-state index in [9.17, 15) is 16.8 Å². The zero-order valence-corrected chi connectivity index (χ0v) is 18.3. The quantitative estimate of drug-likeness (QED) is 0.534. The maximum absolute atomic E-state index is 12.6. The molecule has 1 heterocycles. The fourth-order valence-corrected chi connectivity index (χ4v) is 6.25. The summed E-state index contributed by atoms with van der Waals surface area (Å²) in [5.74, 6) is 0.705. The molecule has 1 saturated heterocycles. The van der Waals surface area contributed by atoms with Gasteiger partial charge in [0.15, 0.2) is 0 Å². The van der Waals surface area contributed by atoms with Gasteiger partial charge in [0.2, 0.25) is 20.0 Å². The van der Waals surface area contributed by atoms with Crippen molar-refractivity contribution in [2.45, 2.75) is 46.6 Å². The van der Waals surface area contributed by atoms with Gasteiger partial charge in [-0.3, -0.25) is 4.84 Å². The van der Waals surface area contributed by atoms with E-state index >= 15 is 0 Å². The number of hydroxylamine groups is 1. The lowest BCUT2D eigenvalue weighted by molar-refractivity contribution is -0.0199. The van der Waals surface area contributed by atoms with Gasteiger partial charge in [-0.05, 0) is 24.7 Å². The lowest BCUT2D eigenvalue weighted by Crippen LogP contribution is -2.42. The molecule has 1 aliphatic rings. The van der Waals surface area contributed by atoms with Crippen molar-refractivity contribution in [2.75, 3.05) is 44.7 Å². The van der Waals surface area contributed by atoms with Crippen LogP contribution in [0.1, 0.15) is 40.5 Å². The molecule has 0 aliphatic carbocycles. The second-order valence-corrected chi connectivity index (χ2v) is 11.8. The summed E-state index contributed by atoms with van der Waals surface area (Å²) >= 11 is 0. The minimum absolute atomic E-state index is 0.0665. The van der Waals surface area contributed by atoms with Crippen molar-refractivity contribution >= 4 is 20.0 Å². The molecule has 0 atom stereocenters. The summed E-state index contributed by atoms with van der Waals surface area (Å²) in [6, 6.07) is 0. The summed E-state index contributed by atoms with van der Waals surface area (Å²) in [6.07, 6.45) is 0.602. The Morgan fingerprint density at radius 2 is 1.27 bits per heavy atom. The molecule has 0 aromatic carbocycles. The molecular weight excluding hydrogens is 378 g/mol. The SMILES string of the molecule is CNOC1CN(S(=O)(=O)CCC(C)C)CCN(S(=O)(=O)CCC(C)C)C1. The van der Waals surface area contributed by atoms with E-state index < -0.39 is 26.2 Å². The van der Waals surface area contributed by atoms with Gasteiger partial charge in [0.1, 0.15) is 6.10 Å². The molecule has 1 N–H and O–H groups in total. The van der Waals surface area contributed by atoms with E-state index in [4.69, 9.17) is 4.84 Å². The molecule has 8 nitrogen and oxygen atoms in total. The summed E-state index contributed by atoms with van der Waals surface area (Å²) in [6.45, 7) is 8.54. The number of hydrogen-bond acceptors (Lipinski definition) is 6. The van der Waals surface area contributed by atoms with Crippen LogP contribution in [0.4, 0.5) is 0 Å². The molecule has 0 unspecified atom stereocenters. The molecular formula is C16H35N3O5S2. The molecule has 0 spiro atoms. The van der Waals surface area contributed by atoms with Crippen LogP contribution in [0.2, 0.25) is 0 Å². The number of nitrogens with one attached hydrogen (secondary N) is 1. The first-order chi connectivity index (χ1) is 12.0. The highest BCUT2D eigenvalue weighted by Crippen LogP contribution is 2.17. The summed E-state index contributed by atoms with van der Waals surface area (Å²) in [5, 5.41) is 0. The van der Waals surface area contributed by atoms with Crippen molar-refractivity contribution in [1.82, 2.24) is 14.1 Å². The topological polar surface area (TPSA) is 96.0 Å². The largest absolute Gasteiger partial charge is 0.296 e. The van der Waals surface area contributed by atoms with Crippen LogP contribution in [0.5, 0.6) is 0 Å². The van der Waals surface area contributed by atoms with Crippen LogP contribution in [0.25, 0.3) is 0 Å². The van der Waals surface area contributed by atoms with Gasteiger partial charge < -0.3 is 0 Å². The molecule has 0 bridgehead atoms. The maximum atomic E-state index is 12.6. The van der Waals surface area contributed by atoms with Crippen molar-refractivity contribution in [3.05, 3.63) is 0 Å². The summed E-state index contributed by atoms with van der Waals surface area (Å²) in [7, 11) is -5.30. The molecule has 10 heteroatoms. The first-order valence-electron chi connectivity index (χ1n) is 9.26. The highest BCUT2D eigenvalue weighted by molar-refractivity contribution is 7.89. The highest BCUT2D eigenvalue weighted by Gasteiger charge is 2.34. The van der Waals surface area contributed by atoms with Crippen LogP contribution in [-0.4, -0.2) is 76.3 Å². The van der Waals surface area contributed by atoms with Crippen LogP contribution in [0.3, 0.4) is 0 Å². The third-order valence-electron chi connectivity index (χ3n) is 4.39. The maximum Gasteiger partial charge on any atom is 0.214 e. The standard InChI is InChI=1S/C16H35N3O5S2/c1-14(2)6-10-25(20,21)18-8-9-19(13-16(12-18)24-17-5)26(22,23)11-7-15(3)4/h14-17H,6-13H2,1-5H3. The predicted octanol–water partition coefficient (Wildman–Crippen LogP) is 0.875. The van der Waals surface area contributed by atoms with E-state index in [-0.39, 0.29) is 49.5 Å². The lowest BCUT2D eigenvalue weighted by atomic mass is 10.2. The lowest BCUT2D eigenvalue weighted by Gasteiger charge is -2.24. The van der Waals surface area contributed by atoms with Crippen LogP contribution < -0.4 is 5.48 Å². The third-order valence-corrected chi connectivity index (χ3v) is 8.13. The van der Waals surface area contributed by atoms with Crippen LogP contribution in [-0.2, 0) is 24.9 Å². The Morgan fingerprint density at radius 1 is 0.885 bits per heavy atom. The first kappa shape index (κ1) is 23.8. The zero-order valence-electron chi connectivity index (χ0n) is 16.6. The summed E-state index contributed by atoms with van der Waals surface area (Å²) < 4.78 is 53.3. The van der Waals surface area contributed by atoms with Crippen molar-refractivity contribution in [2.24, 2.45) is 11.8 Å². The highest BCUT2D eigenvalue weighted by atomic mass is 32.2. The van der Waals surface area contributed by atoms with Crippen molar-refractivity contribution in [3.63, 3.8) is 0 Å². The smallest absolute Gasteiger partial charge is 0.214 e. The van der Waals surface area contributed by atoms with Crippen molar-refractivity contribution in [3.8, 4) is 0 Å². The van der Waals surface area contributed by atoms with Gasteiger partial charge in [-0.15, -0.1) is 0 Å². The molecule has 0 aromatic heterocycles. The van der Waals surface area contributed by atoms with Crippen molar-refractivity contribution in [1.29, 1.82) is 0 Å². The Labute approximate surface area is 159 Å². The van der Waals surface area contributed by atoms with Gasteiger partial charge in [-0.2, -0.15) is 8.61 Å². The molecule has 0 aromatic rings. The van der Waals surface area contributed by atoms with E-state index in [0.717, 1.165) is 0 Å². The Bertz CT molecular complexity index is 568. The predicted molar refractivity (Wildman–Crippen MR) is 104 cm³/mol. The normalized spacial score (nSPS) is 19.3. The molecule has 1 fully saturated rings. The van der Waals surface area contributed by atoms with Gasteiger partial charge in [-0.1, -0.05) is 27.7 Å². The fourth-order valence-electron chi connectivity index (χ4n) is 2.69. The van der Waals surface area contributed by atoms with Crippen LogP contribution in [0.15, 0.2) is 0 Å². The number of hydrogen-bond donors (Lipinski definition) is 1. The number of sulfonamides is 2. The molecule has 1 aliphatic heterocycles. The number of nitrogens with zero attached hydrogens (tertiary/aromatic N) is 2. The minimum Gasteiger partial charge on any atom is -0.296 e. The van der Waals surface area contributed by atoms with E-state index in [1.54, 1.807) is 7.05 Å². The average Bonchev–Trinajstić information content (AvgIpc) is 2.75. The fraction of sp³-hybridized carbons (Fsp3) is 1.00. The van der Waals surface area contributed by atoms with E-state index in [2.05, 4.69) is 5.48 Å². The van der Waals surface area contributed by atoms with Crippen LogP contribution in [0, 0.1) is 11.8 Å². The Balaban J connectivity index is 2.91. The second-order valence-electron chi connectivity index (χ2n) is 7.66. The molecule has 26 heavy (non-hydrogen) atoms. The van der Waals surface area contributed by atoms with E-state index in [1.807, 2.05) is 27.7 Å². The van der Waals surface area contributed by atoms with Gasteiger partial charge >= 0.3 is 0 Å². The van der Waals surface area contributed by atoms with Crippen molar-refractivity contribution < 1.29 is 21.7 Å². The Kier molecular flexibility index (Phi) is 9.45. The summed E-state index contributed by atoms with van der Waals surface area (Å²) in [4.78, 5) is 5.40.